The van der Waals surface area contributed by atoms with Crippen LogP contribution >= 0.6 is 23.2 Å². The molecule has 0 fully saturated rings. The van der Waals surface area contributed by atoms with Crippen molar-refractivity contribution in [3.63, 3.8) is 0 Å². The minimum absolute atomic E-state index is 0.0212. The molecule has 3 aromatic rings. The van der Waals surface area contributed by atoms with E-state index in [2.05, 4.69) is 5.32 Å². The summed E-state index contributed by atoms with van der Waals surface area (Å²) in [7, 11) is -2.70. The minimum atomic E-state index is -4.25. The lowest BCUT2D eigenvalue weighted by Crippen LogP contribution is -2.53. The van der Waals surface area contributed by atoms with Gasteiger partial charge in [0, 0.05) is 17.6 Å². The highest BCUT2D eigenvalue weighted by molar-refractivity contribution is 7.92. The van der Waals surface area contributed by atoms with Crippen LogP contribution in [0.3, 0.4) is 0 Å². The number of hydrogen-bond donors (Lipinski definition) is 1. The Bertz CT molecular complexity index is 1440. The van der Waals surface area contributed by atoms with E-state index in [0.29, 0.717) is 18.6 Å². The van der Waals surface area contributed by atoms with E-state index in [-0.39, 0.29) is 39.1 Å². The van der Waals surface area contributed by atoms with E-state index in [1.807, 2.05) is 20.8 Å². The highest BCUT2D eigenvalue weighted by Crippen LogP contribution is 2.33. The summed E-state index contributed by atoms with van der Waals surface area (Å²) in [6.45, 7) is 5.10. The second kappa shape index (κ2) is 14.6. The maximum atomic E-state index is 14.1. The Morgan fingerprint density at radius 1 is 0.951 bits per heavy atom. The molecule has 2 amide bonds. The van der Waals surface area contributed by atoms with Crippen molar-refractivity contribution in [2.24, 2.45) is 0 Å². The molecule has 3 aromatic carbocycles. The van der Waals surface area contributed by atoms with Crippen molar-refractivity contribution in [3.8, 4) is 5.75 Å². The van der Waals surface area contributed by atoms with E-state index in [0.717, 1.165) is 9.87 Å². The Morgan fingerprint density at radius 2 is 1.61 bits per heavy atom. The lowest BCUT2D eigenvalue weighted by molar-refractivity contribution is -0.140. The predicted molar refractivity (Wildman–Crippen MR) is 163 cm³/mol. The van der Waals surface area contributed by atoms with Crippen LogP contribution < -0.4 is 14.4 Å². The lowest BCUT2D eigenvalue weighted by Gasteiger charge is -2.34. The number of sulfonamides is 1. The number of carbonyl (C=O) groups is 2. The minimum Gasteiger partial charge on any atom is -0.497 e. The first-order valence-electron chi connectivity index (χ1n) is 13.3. The summed E-state index contributed by atoms with van der Waals surface area (Å²) in [4.78, 5) is 28.9. The molecule has 0 aromatic heterocycles. The number of ether oxygens (including phenoxy) is 1. The monoisotopic (exact) mass is 619 g/mol. The molecule has 0 aliphatic heterocycles. The summed E-state index contributed by atoms with van der Waals surface area (Å²) in [5, 5.41) is 3.31. The lowest BCUT2D eigenvalue weighted by atomic mass is 10.1. The van der Waals surface area contributed by atoms with Gasteiger partial charge in [-0.3, -0.25) is 13.9 Å². The van der Waals surface area contributed by atoms with Crippen LogP contribution in [0.5, 0.6) is 5.75 Å². The number of amides is 2. The molecule has 0 aliphatic rings. The zero-order chi connectivity index (χ0) is 30.2. The fourth-order valence-electron chi connectivity index (χ4n) is 4.20. The highest BCUT2D eigenvalue weighted by Gasteiger charge is 2.34. The van der Waals surface area contributed by atoms with Gasteiger partial charge in [0.2, 0.25) is 11.8 Å². The van der Waals surface area contributed by atoms with Gasteiger partial charge in [-0.15, -0.1) is 0 Å². The molecule has 0 radical (unpaired) electrons. The first-order chi connectivity index (χ1) is 19.5. The number of halogens is 2. The maximum Gasteiger partial charge on any atom is 0.264 e. The average Bonchev–Trinajstić information content (AvgIpc) is 2.97. The molecule has 11 heteroatoms. The molecule has 0 heterocycles. The van der Waals surface area contributed by atoms with Gasteiger partial charge in [-0.1, -0.05) is 67.4 Å². The molecule has 8 nitrogen and oxygen atoms in total. The summed E-state index contributed by atoms with van der Waals surface area (Å²) in [5.41, 5.74) is 0.796. The van der Waals surface area contributed by atoms with Gasteiger partial charge >= 0.3 is 0 Å². The Kier molecular flexibility index (Phi) is 11.5. The van der Waals surface area contributed by atoms with E-state index in [4.69, 9.17) is 27.9 Å². The molecule has 1 N–H and O–H groups in total. The van der Waals surface area contributed by atoms with Crippen molar-refractivity contribution >= 4 is 50.7 Å². The summed E-state index contributed by atoms with van der Waals surface area (Å²) in [6, 6.07) is 18.3. The molecular formula is C30H35Cl2N3O5S. The third kappa shape index (κ3) is 8.15. The molecule has 0 saturated heterocycles. The van der Waals surface area contributed by atoms with Gasteiger partial charge < -0.3 is 15.0 Å². The summed E-state index contributed by atoms with van der Waals surface area (Å²) in [6.07, 6.45) is 1.03. The fourth-order valence-corrected chi connectivity index (χ4v) is 6.08. The number of anilines is 1. The van der Waals surface area contributed by atoms with Crippen molar-refractivity contribution in [3.05, 3.63) is 88.4 Å². The molecule has 41 heavy (non-hydrogen) atoms. The zero-order valence-corrected chi connectivity index (χ0v) is 25.8. The summed E-state index contributed by atoms with van der Waals surface area (Å²) < 4.78 is 34.0. The Hall–Kier alpha value is -3.27. The van der Waals surface area contributed by atoms with Crippen molar-refractivity contribution in [1.82, 2.24) is 10.2 Å². The van der Waals surface area contributed by atoms with Gasteiger partial charge in [0.1, 0.15) is 18.3 Å². The number of nitrogens with one attached hydrogen (secondary N) is 1. The molecule has 3 rings (SSSR count). The average molecular weight is 621 g/mol. The second-order valence-corrected chi connectivity index (χ2v) is 12.2. The van der Waals surface area contributed by atoms with E-state index in [1.54, 1.807) is 49.6 Å². The number of carbonyl (C=O) groups excluding carboxylic acids is 2. The molecule has 2 atom stereocenters. The maximum absolute atomic E-state index is 14.1. The van der Waals surface area contributed by atoms with Crippen LogP contribution in [0.4, 0.5) is 5.69 Å². The van der Waals surface area contributed by atoms with E-state index < -0.39 is 28.5 Å². The zero-order valence-electron chi connectivity index (χ0n) is 23.5. The molecule has 0 unspecified atom stereocenters. The number of benzene rings is 3. The number of nitrogens with zero attached hydrogens (tertiary/aromatic N) is 2. The van der Waals surface area contributed by atoms with E-state index in [1.165, 1.54) is 35.2 Å². The summed E-state index contributed by atoms with van der Waals surface area (Å²) in [5.74, 6) is -0.256. The third-order valence-electron chi connectivity index (χ3n) is 6.69. The van der Waals surface area contributed by atoms with Crippen LogP contribution in [0.1, 0.15) is 39.2 Å². The molecule has 0 aliphatic carbocycles. The van der Waals surface area contributed by atoms with Crippen LogP contribution in [-0.2, 0) is 26.2 Å². The number of methoxy groups -OCH3 is 1. The molecule has 220 valence electrons. The van der Waals surface area contributed by atoms with Crippen LogP contribution in [0.15, 0.2) is 77.7 Å². The van der Waals surface area contributed by atoms with Gasteiger partial charge in [-0.05, 0) is 67.8 Å². The molecule has 0 saturated carbocycles. The Labute approximate surface area is 252 Å². The second-order valence-electron chi connectivity index (χ2n) is 9.53. The van der Waals surface area contributed by atoms with Gasteiger partial charge in [0.05, 0.1) is 22.7 Å². The Balaban J connectivity index is 2.08. The Morgan fingerprint density at radius 3 is 2.20 bits per heavy atom. The number of rotatable bonds is 13. The summed E-state index contributed by atoms with van der Waals surface area (Å²) >= 11 is 12.7. The van der Waals surface area contributed by atoms with Crippen LogP contribution in [0.2, 0.25) is 10.0 Å². The molecular weight excluding hydrogens is 585 g/mol. The van der Waals surface area contributed by atoms with E-state index >= 15 is 0 Å². The molecule has 0 bridgehead atoms. The standard InChI is InChI=1S/C30H35Cl2N3O5S/c1-5-21(3)33-30(37)27(6-2)34(19-22-12-15-24(40-4)16-13-22)29(36)20-35(28-18-23(31)14-17-26(28)32)41(38,39)25-10-8-7-9-11-25/h7-18,21,27H,5-6,19-20H2,1-4H3,(H,33,37)/t21-,27-/m1/s1. The van der Waals surface area contributed by atoms with Gasteiger partial charge in [0.15, 0.2) is 0 Å². The number of hydrogen-bond acceptors (Lipinski definition) is 5. The third-order valence-corrected chi connectivity index (χ3v) is 9.01. The van der Waals surface area contributed by atoms with Crippen molar-refractivity contribution in [2.45, 2.75) is 57.1 Å². The van der Waals surface area contributed by atoms with Crippen molar-refractivity contribution < 1.29 is 22.7 Å². The smallest absolute Gasteiger partial charge is 0.264 e. The van der Waals surface area contributed by atoms with Crippen molar-refractivity contribution in [1.29, 1.82) is 0 Å². The predicted octanol–water partition coefficient (Wildman–Crippen LogP) is 5.92. The highest BCUT2D eigenvalue weighted by atomic mass is 35.5. The fraction of sp³-hybridized carbons (Fsp3) is 0.333. The quantitative estimate of drug-likeness (QED) is 0.256. The van der Waals surface area contributed by atoms with Gasteiger partial charge in [0.25, 0.3) is 10.0 Å². The van der Waals surface area contributed by atoms with Crippen LogP contribution in [0.25, 0.3) is 0 Å². The largest absolute Gasteiger partial charge is 0.497 e. The van der Waals surface area contributed by atoms with E-state index in [9.17, 15) is 18.0 Å². The van der Waals surface area contributed by atoms with Gasteiger partial charge in [-0.2, -0.15) is 0 Å². The van der Waals surface area contributed by atoms with Crippen LogP contribution in [-0.4, -0.2) is 50.9 Å². The normalized spacial score (nSPS) is 12.7. The molecule has 0 spiro atoms. The SMILES string of the molecule is CC[C@@H](C)NC(=O)[C@@H](CC)N(Cc1ccc(OC)cc1)C(=O)CN(c1cc(Cl)ccc1Cl)S(=O)(=O)c1ccccc1. The van der Waals surface area contributed by atoms with Crippen molar-refractivity contribution in [2.75, 3.05) is 18.0 Å². The topological polar surface area (TPSA) is 96.0 Å². The van der Waals surface area contributed by atoms with Gasteiger partial charge in [-0.25, -0.2) is 8.42 Å². The first kappa shape index (κ1) is 32.2. The van der Waals surface area contributed by atoms with Crippen LogP contribution in [0, 0.1) is 0 Å². The first-order valence-corrected chi connectivity index (χ1v) is 15.5.